The molecule has 1 aliphatic rings. The van der Waals surface area contributed by atoms with Crippen LogP contribution >= 0.6 is 0 Å². The Morgan fingerprint density at radius 3 is 2.48 bits per heavy atom. The Morgan fingerprint density at radius 1 is 1.12 bits per heavy atom. The van der Waals surface area contributed by atoms with Crippen LogP contribution in [-0.2, 0) is 6.42 Å². The molecule has 2 aromatic rings. The molecule has 3 N–H and O–H groups in total. The monoisotopic (exact) mass is 345 g/mol. The maximum atomic E-state index is 12.1. The minimum absolute atomic E-state index is 0.318. The van der Waals surface area contributed by atoms with E-state index < -0.39 is 5.43 Å². The van der Waals surface area contributed by atoms with Crippen LogP contribution < -0.4 is 25.4 Å². The zero-order valence-electron chi connectivity index (χ0n) is 14.5. The van der Waals surface area contributed by atoms with Crippen molar-refractivity contribution in [3.05, 3.63) is 45.6 Å². The summed E-state index contributed by atoms with van der Waals surface area (Å²) in [6, 6.07) is 6.07. The fourth-order valence-corrected chi connectivity index (χ4v) is 3.33. The van der Waals surface area contributed by atoms with Gasteiger partial charge in [-0.15, -0.1) is 0 Å². The largest absolute Gasteiger partial charge is 0.504 e. The minimum Gasteiger partial charge on any atom is -0.504 e. The van der Waals surface area contributed by atoms with Crippen LogP contribution in [0, 0.1) is 0 Å². The van der Waals surface area contributed by atoms with Gasteiger partial charge in [-0.25, -0.2) is 0 Å². The summed E-state index contributed by atoms with van der Waals surface area (Å²) < 4.78 is 16.5. The predicted molar refractivity (Wildman–Crippen MR) is 94.7 cm³/mol. The van der Waals surface area contributed by atoms with Crippen molar-refractivity contribution < 1.29 is 19.3 Å². The van der Waals surface area contributed by atoms with E-state index in [1.165, 1.54) is 12.1 Å². The fraction of sp³-hybridized carbons (Fsp3) is 0.316. The van der Waals surface area contributed by atoms with E-state index >= 15 is 0 Å². The average molecular weight is 345 g/mol. The molecule has 0 saturated carbocycles. The van der Waals surface area contributed by atoms with Gasteiger partial charge in [0.25, 0.3) is 0 Å². The van der Waals surface area contributed by atoms with E-state index in [-0.39, 0.29) is 11.8 Å². The van der Waals surface area contributed by atoms with Crippen molar-refractivity contribution in [2.24, 2.45) is 5.73 Å². The second-order valence-electron chi connectivity index (χ2n) is 5.92. The third-order valence-corrected chi connectivity index (χ3v) is 4.56. The van der Waals surface area contributed by atoms with E-state index in [2.05, 4.69) is 0 Å². The molecule has 0 heterocycles. The van der Waals surface area contributed by atoms with Gasteiger partial charge in [-0.3, -0.25) is 4.79 Å². The van der Waals surface area contributed by atoms with Crippen LogP contribution in [0.1, 0.15) is 23.6 Å². The molecule has 0 aromatic heterocycles. The normalized spacial score (nSPS) is 15.6. The number of aryl methyl sites for hydroxylation is 1. The average Bonchev–Trinajstić information content (AvgIpc) is 2.84. The Labute approximate surface area is 145 Å². The topological polar surface area (TPSA) is 91.0 Å². The molecule has 0 bridgehead atoms. The molecule has 0 aliphatic heterocycles. The molecule has 25 heavy (non-hydrogen) atoms. The van der Waals surface area contributed by atoms with Crippen LogP contribution in [0.3, 0.4) is 0 Å². The number of aromatic hydroxyl groups is 1. The number of nitrogens with two attached hydrogens (primary N) is 1. The highest BCUT2D eigenvalue weighted by atomic mass is 16.5. The summed E-state index contributed by atoms with van der Waals surface area (Å²) in [6.45, 7) is 0. The summed E-state index contributed by atoms with van der Waals surface area (Å²) in [5.41, 5.74) is 9.06. The van der Waals surface area contributed by atoms with Gasteiger partial charge < -0.3 is 25.1 Å². The van der Waals surface area contributed by atoms with E-state index in [1.54, 1.807) is 27.4 Å². The van der Waals surface area contributed by atoms with Crippen molar-refractivity contribution in [3.63, 3.8) is 0 Å². The van der Waals surface area contributed by atoms with Gasteiger partial charge in [0.1, 0.15) is 0 Å². The Bertz CT molecular complexity index is 879. The van der Waals surface area contributed by atoms with Crippen LogP contribution in [0.2, 0.25) is 0 Å². The molecule has 0 amide bonds. The Balaban J connectivity index is 2.45. The second kappa shape index (κ2) is 6.64. The summed E-state index contributed by atoms with van der Waals surface area (Å²) in [5.74, 6) is 1.25. The molecule has 1 unspecified atom stereocenters. The standard InChI is InChI=1S/C19H21NO5/c1-23-16-8-10-4-6-13(20)12-9-15(22)14(21)7-5-11(12)17(10)19(25-3)18(16)24-2/h5,7-9,13H,4,6,20H2,1-3H3,(H,21,22)/i6+2. The SMILES string of the molecule is COc1cc2c(c(OC)c1OC)-c1ccc(O)c(=O)cc1C(N)[14CH2]C2. The number of hydrogen-bond donors (Lipinski definition) is 2. The zero-order valence-corrected chi connectivity index (χ0v) is 14.5. The Morgan fingerprint density at radius 2 is 1.84 bits per heavy atom. The lowest BCUT2D eigenvalue weighted by molar-refractivity contribution is 0.324. The van der Waals surface area contributed by atoms with Crippen molar-refractivity contribution in [3.8, 4) is 34.1 Å². The lowest BCUT2D eigenvalue weighted by Crippen LogP contribution is -2.11. The number of rotatable bonds is 3. The molecule has 6 heteroatoms. The fourth-order valence-electron chi connectivity index (χ4n) is 3.33. The van der Waals surface area contributed by atoms with Gasteiger partial charge in [-0.05, 0) is 47.7 Å². The van der Waals surface area contributed by atoms with Gasteiger partial charge in [-0.1, -0.05) is 6.07 Å². The third kappa shape index (κ3) is 2.78. The molecular formula is C19H21NO5. The van der Waals surface area contributed by atoms with Crippen molar-refractivity contribution in [2.75, 3.05) is 21.3 Å². The highest BCUT2D eigenvalue weighted by Gasteiger charge is 2.27. The molecule has 1 aliphatic carbocycles. The molecule has 0 spiro atoms. The predicted octanol–water partition coefficient (Wildman–Crippen LogP) is 2.39. The first-order valence-corrected chi connectivity index (χ1v) is 7.96. The van der Waals surface area contributed by atoms with E-state index in [9.17, 15) is 9.90 Å². The van der Waals surface area contributed by atoms with E-state index in [1.807, 2.05) is 6.07 Å². The van der Waals surface area contributed by atoms with Crippen LogP contribution in [0.5, 0.6) is 23.0 Å². The molecule has 6 nitrogen and oxygen atoms in total. The highest BCUT2D eigenvalue weighted by molar-refractivity contribution is 5.82. The van der Waals surface area contributed by atoms with Crippen molar-refractivity contribution >= 4 is 0 Å². The quantitative estimate of drug-likeness (QED) is 0.888. The van der Waals surface area contributed by atoms with Gasteiger partial charge in [0.2, 0.25) is 11.2 Å². The van der Waals surface area contributed by atoms with Crippen molar-refractivity contribution in [1.82, 2.24) is 0 Å². The molecule has 0 fully saturated rings. The smallest absolute Gasteiger partial charge is 0.220 e. The highest BCUT2D eigenvalue weighted by Crippen LogP contribution is 2.49. The van der Waals surface area contributed by atoms with Crippen molar-refractivity contribution in [1.29, 1.82) is 0 Å². The van der Waals surface area contributed by atoms with Crippen LogP contribution in [-0.4, -0.2) is 26.4 Å². The number of hydrogen-bond acceptors (Lipinski definition) is 6. The summed E-state index contributed by atoms with van der Waals surface area (Å²) >= 11 is 0. The molecule has 3 rings (SSSR count). The van der Waals surface area contributed by atoms with Crippen LogP contribution in [0.15, 0.2) is 29.1 Å². The molecule has 0 radical (unpaired) electrons. The van der Waals surface area contributed by atoms with Gasteiger partial charge in [0, 0.05) is 11.6 Å². The number of fused-ring (bicyclic) bond motifs is 3. The first-order valence-electron chi connectivity index (χ1n) is 7.96. The molecular weight excluding hydrogens is 324 g/mol. The zero-order chi connectivity index (χ0) is 18.1. The Kier molecular flexibility index (Phi) is 4.55. The van der Waals surface area contributed by atoms with E-state index in [0.29, 0.717) is 35.7 Å². The molecule has 2 aromatic carbocycles. The van der Waals surface area contributed by atoms with Gasteiger partial charge in [0.05, 0.1) is 21.3 Å². The Hall–Kier alpha value is -2.73. The minimum atomic E-state index is -0.459. The number of benzene rings is 1. The molecule has 0 saturated heterocycles. The van der Waals surface area contributed by atoms with E-state index in [4.69, 9.17) is 19.9 Å². The van der Waals surface area contributed by atoms with Crippen molar-refractivity contribution in [2.45, 2.75) is 18.9 Å². The first-order chi connectivity index (χ1) is 12.0. The molecule has 1 atom stereocenters. The lowest BCUT2D eigenvalue weighted by Gasteiger charge is -2.19. The second-order valence-corrected chi connectivity index (χ2v) is 5.92. The summed E-state index contributed by atoms with van der Waals surface area (Å²) in [6.07, 6.45) is 1.36. The third-order valence-electron chi connectivity index (χ3n) is 4.56. The van der Waals surface area contributed by atoms with Crippen LogP contribution in [0.4, 0.5) is 0 Å². The van der Waals surface area contributed by atoms with Gasteiger partial charge in [-0.2, -0.15) is 0 Å². The number of ether oxygens (including phenoxy) is 3. The van der Waals surface area contributed by atoms with Gasteiger partial charge >= 0.3 is 0 Å². The summed E-state index contributed by atoms with van der Waals surface area (Å²) in [7, 11) is 4.67. The van der Waals surface area contributed by atoms with Crippen LogP contribution in [0.25, 0.3) is 11.1 Å². The maximum absolute atomic E-state index is 12.1. The summed E-state index contributed by atoms with van der Waals surface area (Å²) in [4.78, 5) is 12.1. The first kappa shape index (κ1) is 17.1. The number of methoxy groups -OCH3 is 3. The summed E-state index contributed by atoms with van der Waals surface area (Å²) in [5, 5.41) is 9.82. The van der Waals surface area contributed by atoms with Gasteiger partial charge in [0.15, 0.2) is 17.2 Å². The van der Waals surface area contributed by atoms with E-state index in [0.717, 1.165) is 16.7 Å². The lowest BCUT2D eigenvalue weighted by atomic mass is 9.95. The molecule has 132 valence electrons. The maximum Gasteiger partial charge on any atom is 0.220 e.